The molecule has 0 aliphatic rings. The Balaban J connectivity index is 3.26. The van der Waals surface area contributed by atoms with Crippen molar-refractivity contribution in [2.45, 2.75) is 0 Å². The molecule has 1 aromatic rings. The number of carbonyl (C=O) groups excluding carboxylic acids is 2. The molecule has 0 atom stereocenters. The summed E-state index contributed by atoms with van der Waals surface area (Å²) in [5, 5.41) is 20.7. The Labute approximate surface area is 73.4 Å². The Hall–Kier alpha value is -2.04. The maximum atomic E-state index is 10.3. The van der Waals surface area contributed by atoms with Gasteiger partial charge in [0.2, 0.25) is 0 Å². The molecule has 0 heterocycles. The summed E-state index contributed by atoms with van der Waals surface area (Å²) in [6.07, 6.45) is 0. The summed E-state index contributed by atoms with van der Waals surface area (Å²) in [6, 6.07) is 3.16. The third-order valence-electron chi connectivity index (χ3n) is 1.43. The molecule has 5 heteroatoms. The first-order valence-electron chi connectivity index (χ1n) is 3.34. The van der Waals surface area contributed by atoms with Crippen LogP contribution in [-0.2, 0) is 0 Å². The van der Waals surface area contributed by atoms with E-state index in [1.807, 2.05) is 0 Å². The van der Waals surface area contributed by atoms with E-state index in [9.17, 15) is 19.8 Å². The molecule has 1 aromatic carbocycles. The van der Waals surface area contributed by atoms with Crippen molar-refractivity contribution >= 4 is 17.6 Å². The van der Waals surface area contributed by atoms with E-state index in [0.717, 1.165) is 18.2 Å². The smallest absolute Gasteiger partial charge is 0.0716 e. The Kier molecular flexibility index (Phi) is 2.19. The molecule has 0 amide bonds. The Bertz CT molecular complexity index is 340. The normalized spacial score (nSPS) is 9.54. The third-order valence-corrected chi connectivity index (χ3v) is 1.43. The number of hydrogen-bond acceptors (Lipinski definition) is 5. The SMILES string of the molecule is Nc1cc(C(=O)[O-])cc(C(=O)[O-])c1. The number of hydrogen-bond donors (Lipinski definition) is 1. The zero-order chi connectivity index (χ0) is 10.0. The van der Waals surface area contributed by atoms with Gasteiger partial charge in [-0.3, -0.25) is 0 Å². The van der Waals surface area contributed by atoms with Crippen LogP contribution in [0.3, 0.4) is 0 Å². The van der Waals surface area contributed by atoms with Crippen molar-refractivity contribution in [3.63, 3.8) is 0 Å². The van der Waals surface area contributed by atoms with E-state index in [0.29, 0.717) is 0 Å². The van der Waals surface area contributed by atoms with Gasteiger partial charge in [-0.15, -0.1) is 0 Å². The number of carboxylic acids is 2. The lowest BCUT2D eigenvalue weighted by Gasteiger charge is -2.08. The number of anilines is 1. The zero-order valence-electron chi connectivity index (χ0n) is 6.44. The highest BCUT2D eigenvalue weighted by atomic mass is 16.4. The molecule has 0 spiro atoms. The molecule has 1 rings (SSSR count). The predicted octanol–water partition coefficient (Wildman–Crippen LogP) is -2.00. The van der Waals surface area contributed by atoms with Crippen molar-refractivity contribution in [1.29, 1.82) is 0 Å². The van der Waals surface area contributed by atoms with Crippen LogP contribution in [-0.4, -0.2) is 11.9 Å². The molecule has 5 nitrogen and oxygen atoms in total. The van der Waals surface area contributed by atoms with Crippen LogP contribution < -0.4 is 15.9 Å². The Morgan fingerprint density at radius 2 is 1.38 bits per heavy atom. The monoisotopic (exact) mass is 179 g/mol. The fourth-order valence-electron chi connectivity index (χ4n) is 0.887. The average Bonchev–Trinajstić information content (AvgIpc) is 2.03. The molecule has 0 unspecified atom stereocenters. The number of rotatable bonds is 2. The van der Waals surface area contributed by atoms with Crippen molar-refractivity contribution in [2.24, 2.45) is 0 Å². The van der Waals surface area contributed by atoms with Crippen LogP contribution in [0.4, 0.5) is 5.69 Å². The van der Waals surface area contributed by atoms with Crippen molar-refractivity contribution < 1.29 is 19.8 Å². The molecule has 0 aliphatic heterocycles. The quantitative estimate of drug-likeness (QED) is 0.528. The fraction of sp³-hybridized carbons (Fsp3) is 0. The van der Waals surface area contributed by atoms with E-state index in [1.165, 1.54) is 0 Å². The molecule has 0 bridgehead atoms. The number of carboxylic acid groups (broad SMARTS) is 2. The van der Waals surface area contributed by atoms with E-state index in [-0.39, 0.29) is 16.8 Å². The summed E-state index contributed by atoms with van der Waals surface area (Å²) in [5.74, 6) is -2.95. The van der Waals surface area contributed by atoms with Crippen molar-refractivity contribution in [3.05, 3.63) is 29.3 Å². The van der Waals surface area contributed by atoms with Gasteiger partial charge in [0.1, 0.15) is 0 Å². The highest BCUT2D eigenvalue weighted by molar-refractivity contribution is 5.93. The van der Waals surface area contributed by atoms with E-state index in [4.69, 9.17) is 5.73 Å². The summed E-state index contributed by atoms with van der Waals surface area (Å²) in [5.41, 5.74) is 4.74. The maximum absolute atomic E-state index is 10.3. The Morgan fingerprint density at radius 1 is 1.00 bits per heavy atom. The van der Waals surface area contributed by atoms with E-state index < -0.39 is 11.9 Å². The minimum atomic E-state index is -1.48. The second-order valence-electron chi connectivity index (χ2n) is 2.42. The first kappa shape index (κ1) is 9.05. The average molecular weight is 179 g/mol. The summed E-state index contributed by atoms with van der Waals surface area (Å²) >= 11 is 0. The topological polar surface area (TPSA) is 106 Å². The second-order valence-corrected chi connectivity index (χ2v) is 2.42. The molecule has 0 saturated heterocycles. The first-order chi connectivity index (χ1) is 6.00. The largest absolute Gasteiger partial charge is 0.545 e. The Morgan fingerprint density at radius 3 is 1.69 bits per heavy atom. The zero-order valence-corrected chi connectivity index (χ0v) is 6.44. The van der Waals surface area contributed by atoms with Gasteiger partial charge in [-0.1, -0.05) is 0 Å². The van der Waals surface area contributed by atoms with Crippen LogP contribution in [0.5, 0.6) is 0 Å². The summed E-state index contributed by atoms with van der Waals surface area (Å²) < 4.78 is 0. The van der Waals surface area contributed by atoms with E-state index in [2.05, 4.69) is 0 Å². The number of carbonyl (C=O) groups is 2. The second kappa shape index (κ2) is 3.14. The third kappa shape index (κ3) is 1.96. The van der Waals surface area contributed by atoms with Gasteiger partial charge in [0.25, 0.3) is 0 Å². The number of nitrogens with two attached hydrogens (primary N) is 1. The molecule has 0 fully saturated rings. The van der Waals surface area contributed by atoms with E-state index in [1.54, 1.807) is 0 Å². The highest BCUT2D eigenvalue weighted by Crippen LogP contribution is 2.10. The van der Waals surface area contributed by atoms with Gasteiger partial charge in [0.05, 0.1) is 11.9 Å². The molecule has 13 heavy (non-hydrogen) atoms. The van der Waals surface area contributed by atoms with Gasteiger partial charge in [0, 0.05) is 5.69 Å². The van der Waals surface area contributed by atoms with Crippen molar-refractivity contribution in [3.8, 4) is 0 Å². The molecule has 68 valence electrons. The molecule has 2 N–H and O–H groups in total. The molecule has 0 saturated carbocycles. The molecular weight excluding hydrogens is 174 g/mol. The van der Waals surface area contributed by atoms with Gasteiger partial charge < -0.3 is 25.5 Å². The molecule has 0 radical (unpaired) electrons. The highest BCUT2D eigenvalue weighted by Gasteiger charge is 2.00. The van der Waals surface area contributed by atoms with Crippen LogP contribution in [0.1, 0.15) is 20.7 Å². The lowest BCUT2D eigenvalue weighted by atomic mass is 10.1. The van der Waals surface area contributed by atoms with Gasteiger partial charge in [-0.2, -0.15) is 0 Å². The maximum Gasteiger partial charge on any atom is 0.0716 e. The van der Waals surface area contributed by atoms with Crippen LogP contribution in [0.2, 0.25) is 0 Å². The summed E-state index contributed by atoms with van der Waals surface area (Å²) in [6.45, 7) is 0. The van der Waals surface area contributed by atoms with E-state index >= 15 is 0 Å². The number of benzene rings is 1. The van der Waals surface area contributed by atoms with Crippen molar-refractivity contribution in [1.82, 2.24) is 0 Å². The predicted molar refractivity (Wildman–Crippen MR) is 39.5 cm³/mol. The van der Waals surface area contributed by atoms with Gasteiger partial charge >= 0.3 is 0 Å². The summed E-state index contributed by atoms with van der Waals surface area (Å²) in [7, 11) is 0. The molecule has 0 aliphatic carbocycles. The van der Waals surface area contributed by atoms with Gasteiger partial charge in [-0.05, 0) is 29.3 Å². The molecular formula is C8H5NO4-2. The van der Waals surface area contributed by atoms with Gasteiger partial charge in [0.15, 0.2) is 0 Å². The van der Waals surface area contributed by atoms with Crippen molar-refractivity contribution in [2.75, 3.05) is 5.73 Å². The fourth-order valence-corrected chi connectivity index (χ4v) is 0.887. The number of nitrogen functional groups attached to an aromatic ring is 1. The van der Waals surface area contributed by atoms with Gasteiger partial charge in [-0.25, -0.2) is 0 Å². The summed E-state index contributed by atoms with van der Waals surface area (Å²) in [4.78, 5) is 20.7. The minimum absolute atomic E-state index is 0.0425. The van der Waals surface area contributed by atoms with Crippen LogP contribution in [0.15, 0.2) is 18.2 Å². The molecule has 0 aromatic heterocycles. The minimum Gasteiger partial charge on any atom is -0.545 e. The lowest BCUT2D eigenvalue weighted by molar-refractivity contribution is -0.255. The first-order valence-corrected chi connectivity index (χ1v) is 3.34. The van der Waals surface area contributed by atoms with Crippen LogP contribution in [0.25, 0.3) is 0 Å². The standard InChI is InChI=1S/C8H7NO4/c9-6-2-4(7(10)11)1-5(3-6)8(12)13/h1-3H,9H2,(H,10,11)(H,12,13)/p-2. The lowest BCUT2D eigenvalue weighted by Crippen LogP contribution is -2.25. The van der Waals surface area contributed by atoms with Crippen LogP contribution in [0, 0.1) is 0 Å². The van der Waals surface area contributed by atoms with Crippen LogP contribution >= 0.6 is 0 Å². The number of aromatic carboxylic acids is 2.